The van der Waals surface area contributed by atoms with E-state index < -0.39 is 67.2 Å². The van der Waals surface area contributed by atoms with Crippen molar-refractivity contribution in [1.29, 1.82) is 0 Å². The van der Waals surface area contributed by atoms with E-state index in [1.54, 1.807) is 4.90 Å². The molecule has 18 heteroatoms. The van der Waals surface area contributed by atoms with Gasteiger partial charge in [0.25, 0.3) is 0 Å². The summed E-state index contributed by atoms with van der Waals surface area (Å²) in [6.45, 7) is -0.956. The number of carboxylic acid groups (broad SMARTS) is 3. The van der Waals surface area contributed by atoms with Crippen LogP contribution in [-0.4, -0.2) is 94.3 Å². The Morgan fingerprint density at radius 1 is 0.833 bits per heavy atom. The Morgan fingerprint density at radius 2 is 1.36 bits per heavy atom. The summed E-state index contributed by atoms with van der Waals surface area (Å²) in [5.74, 6) is -6.41. The van der Waals surface area contributed by atoms with Gasteiger partial charge in [-0.25, -0.2) is 14.4 Å². The first-order valence-electron chi connectivity index (χ1n) is 12.2. The van der Waals surface area contributed by atoms with Crippen LogP contribution in [0.3, 0.4) is 0 Å². The topological polar surface area (TPSA) is 122 Å². The molecule has 1 amide bonds. The Morgan fingerprint density at radius 3 is 1.79 bits per heavy atom. The summed E-state index contributed by atoms with van der Waals surface area (Å²) >= 11 is 0. The lowest BCUT2D eigenvalue weighted by molar-refractivity contribution is -0.300. The van der Waals surface area contributed by atoms with Crippen LogP contribution in [0.15, 0.2) is 30.4 Å². The Bertz CT molecular complexity index is 1120. The summed E-state index contributed by atoms with van der Waals surface area (Å²) in [6, 6.07) is 0.463. The van der Waals surface area contributed by atoms with E-state index in [-0.39, 0.29) is 23.7 Å². The average Bonchev–Trinajstić information content (AvgIpc) is 3.36. The number of hydrogen-bond acceptors (Lipinski definition) is 5. The van der Waals surface area contributed by atoms with Crippen molar-refractivity contribution in [2.24, 2.45) is 5.92 Å². The highest BCUT2D eigenvalue weighted by Crippen LogP contribution is 2.44. The molecule has 1 aromatic rings. The van der Waals surface area contributed by atoms with Gasteiger partial charge in [-0.15, -0.1) is 0 Å². The second-order valence-corrected chi connectivity index (χ2v) is 9.38. The second-order valence-electron chi connectivity index (χ2n) is 9.38. The minimum absolute atomic E-state index is 0.135. The summed E-state index contributed by atoms with van der Waals surface area (Å²) in [5.41, 5.74) is -0.387. The molecule has 0 aliphatic carbocycles. The van der Waals surface area contributed by atoms with Crippen molar-refractivity contribution in [3.63, 3.8) is 0 Å². The lowest BCUT2D eigenvalue weighted by Crippen LogP contribution is -2.62. The number of anilines is 1. The molecule has 0 spiro atoms. The Kier molecular flexibility index (Phi) is 11.1. The molecule has 42 heavy (non-hydrogen) atoms. The maximum Gasteiger partial charge on any atom is 0.416 e. The molecule has 0 bridgehead atoms. The largest absolute Gasteiger partial charge is 0.478 e. The van der Waals surface area contributed by atoms with Crippen LogP contribution in [0.4, 0.5) is 50.0 Å². The molecule has 2 saturated heterocycles. The first-order valence-corrected chi connectivity index (χ1v) is 12.2. The molecule has 236 valence electrons. The molecule has 2 aliphatic rings. The third-order valence-electron chi connectivity index (χ3n) is 6.46. The predicted molar refractivity (Wildman–Crippen MR) is 127 cm³/mol. The van der Waals surface area contributed by atoms with Gasteiger partial charge in [0.05, 0.1) is 11.6 Å². The van der Waals surface area contributed by atoms with Gasteiger partial charge in [-0.1, -0.05) is 6.07 Å². The molecule has 0 aromatic heterocycles. The zero-order chi connectivity index (χ0) is 32.0. The number of hydrogen-bond donors (Lipinski definition) is 3. The Labute approximate surface area is 232 Å². The van der Waals surface area contributed by atoms with Crippen LogP contribution in [0.2, 0.25) is 0 Å². The molecule has 1 atom stereocenters. The SMILES string of the molecule is O=C(O)/C=C/C(=O)O.O=C(O)N1CCN(Cc2ccc(C(F)(F)F)cc2N2CCCC2)CC1C(C(F)(F)F)C(F)(F)F. The lowest BCUT2D eigenvalue weighted by atomic mass is 9.94. The van der Waals surface area contributed by atoms with Crippen molar-refractivity contribution < 1.29 is 69.2 Å². The van der Waals surface area contributed by atoms with Crippen molar-refractivity contribution in [2.45, 2.75) is 44.0 Å². The van der Waals surface area contributed by atoms with Crippen LogP contribution >= 0.6 is 0 Å². The highest BCUT2D eigenvalue weighted by molar-refractivity contribution is 5.89. The third kappa shape index (κ3) is 9.70. The fourth-order valence-electron chi connectivity index (χ4n) is 4.67. The molecule has 0 radical (unpaired) electrons. The number of carbonyl (C=O) groups is 3. The van der Waals surface area contributed by atoms with Gasteiger partial charge in [-0.05, 0) is 30.5 Å². The maximum absolute atomic E-state index is 13.3. The smallest absolute Gasteiger partial charge is 0.416 e. The van der Waals surface area contributed by atoms with E-state index in [0.29, 0.717) is 30.8 Å². The van der Waals surface area contributed by atoms with Gasteiger partial charge in [0.2, 0.25) is 0 Å². The van der Waals surface area contributed by atoms with E-state index in [9.17, 15) is 59.0 Å². The summed E-state index contributed by atoms with van der Waals surface area (Å²) < 4.78 is 120. The highest BCUT2D eigenvalue weighted by Gasteiger charge is 2.62. The van der Waals surface area contributed by atoms with E-state index in [4.69, 9.17) is 10.2 Å². The van der Waals surface area contributed by atoms with Gasteiger partial charge in [0.1, 0.15) is 0 Å². The predicted octanol–water partition coefficient (Wildman–Crippen LogP) is 4.92. The van der Waals surface area contributed by atoms with Gasteiger partial charge in [0.15, 0.2) is 5.92 Å². The van der Waals surface area contributed by atoms with Gasteiger partial charge in [0, 0.05) is 57.1 Å². The van der Waals surface area contributed by atoms with Crippen molar-refractivity contribution in [3.05, 3.63) is 41.5 Å². The van der Waals surface area contributed by atoms with Crippen molar-refractivity contribution >= 4 is 23.7 Å². The Hall–Kier alpha value is -3.70. The van der Waals surface area contributed by atoms with E-state index in [2.05, 4.69) is 0 Å². The molecule has 2 heterocycles. The first kappa shape index (κ1) is 34.5. The lowest BCUT2D eigenvalue weighted by Gasteiger charge is -2.44. The first-order chi connectivity index (χ1) is 19.2. The second kappa shape index (κ2) is 13.5. The number of benzene rings is 1. The molecule has 3 rings (SSSR count). The van der Waals surface area contributed by atoms with E-state index in [1.807, 2.05) is 0 Å². The van der Waals surface area contributed by atoms with Crippen LogP contribution in [0.25, 0.3) is 0 Å². The normalized spacial score (nSPS) is 18.8. The molecule has 1 unspecified atom stereocenters. The standard InChI is InChI=1S/C20H22F9N3O2.C4H4O4/c21-18(22,23)13-4-3-12(14(9-13)31-5-1-2-6-31)10-30-7-8-32(17(33)34)15(11-30)16(19(24,25)26)20(27,28)29;5-3(6)1-2-4(7)8/h3-4,9,15-16H,1-2,5-8,10-11H2,(H,33,34);1-2H,(H,5,6)(H,7,8)/b;2-1+. The zero-order valence-corrected chi connectivity index (χ0v) is 21.5. The van der Waals surface area contributed by atoms with Crippen molar-refractivity contribution in [3.8, 4) is 0 Å². The number of amides is 1. The molecule has 9 nitrogen and oxygen atoms in total. The van der Waals surface area contributed by atoms with Crippen molar-refractivity contribution in [1.82, 2.24) is 9.80 Å². The molecular weight excluding hydrogens is 597 g/mol. The van der Waals surface area contributed by atoms with Crippen molar-refractivity contribution in [2.75, 3.05) is 37.6 Å². The van der Waals surface area contributed by atoms with Gasteiger partial charge < -0.3 is 25.1 Å². The average molecular weight is 623 g/mol. The van der Waals surface area contributed by atoms with E-state index in [1.165, 1.54) is 11.0 Å². The number of rotatable bonds is 6. The fraction of sp³-hybridized carbons (Fsp3) is 0.542. The highest BCUT2D eigenvalue weighted by atomic mass is 19.4. The molecule has 3 N–H and O–H groups in total. The minimum atomic E-state index is -5.74. The van der Waals surface area contributed by atoms with Crippen LogP contribution < -0.4 is 4.90 Å². The van der Waals surface area contributed by atoms with Crippen LogP contribution in [-0.2, 0) is 22.3 Å². The minimum Gasteiger partial charge on any atom is -0.478 e. The van der Waals surface area contributed by atoms with Crippen LogP contribution in [0, 0.1) is 5.92 Å². The molecule has 2 aliphatic heterocycles. The van der Waals surface area contributed by atoms with E-state index >= 15 is 0 Å². The maximum atomic E-state index is 13.3. The summed E-state index contributed by atoms with van der Waals surface area (Å²) in [5, 5.41) is 24.8. The quantitative estimate of drug-likeness (QED) is 0.302. The number of carboxylic acids is 2. The molecule has 1 aromatic carbocycles. The molecule has 0 saturated carbocycles. The van der Waals surface area contributed by atoms with E-state index in [0.717, 1.165) is 25.0 Å². The number of nitrogens with zero attached hydrogens (tertiary/aromatic N) is 3. The number of aliphatic carboxylic acids is 2. The summed E-state index contributed by atoms with van der Waals surface area (Å²) in [4.78, 5) is 33.6. The third-order valence-corrected chi connectivity index (χ3v) is 6.46. The monoisotopic (exact) mass is 623 g/mol. The van der Waals surface area contributed by atoms with Gasteiger partial charge in [-0.3, -0.25) is 4.90 Å². The van der Waals surface area contributed by atoms with Gasteiger partial charge >= 0.3 is 36.6 Å². The van der Waals surface area contributed by atoms with Gasteiger partial charge in [-0.2, -0.15) is 39.5 Å². The zero-order valence-electron chi connectivity index (χ0n) is 21.5. The number of halogens is 9. The number of piperazine rings is 1. The number of alkyl halides is 9. The van der Waals surface area contributed by atoms with Crippen LogP contribution in [0.5, 0.6) is 0 Å². The molecule has 2 fully saturated rings. The Balaban J connectivity index is 0.000000675. The summed E-state index contributed by atoms with van der Waals surface area (Å²) in [6.07, 6.45) is -15.4. The summed E-state index contributed by atoms with van der Waals surface area (Å²) in [7, 11) is 0. The van der Waals surface area contributed by atoms with Crippen LogP contribution in [0.1, 0.15) is 24.0 Å². The molecular formula is C24H26F9N3O6. The fourth-order valence-corrected chi connectivity index (χ4v) is 4.67.